The number of hydrogen-bond acceptors (Lipinski definition) is 5. The number of aryl methyl sites for hydroxylation is 1. The second kappa shape index (κ2) is 8.33. The van der Waals surface area contributed by atoms with Gasteiger partial charge in [0.05, 0.1) is 10.9 Å². The fourth-order valence-electron chi connectivity index (χ4n) is 4.60. The molecule has 1 aromatic heterocycles. The van der Waals surface area contributed by atoms with Crippen molar-refractivity contribution in [2.45, 2.75) is 19.4 Å². The Morgan fingerprint density at radius 2 is 2.06 bits per heavy atom. The van der Waals surface area contributed by atoms with Crippen LogP contribution in [0.3, 0.4) is 0 Å². The summed E-state index contributed by atoms with van der Waals surface area (Å²) in [7, 11) is 0. The van der Waals surface area contributed by atoms with Crippen LogP contribution in [0.1, 0.15) is 32.8 Å². The molecule has 0 bridgehead atoms. The number of likely N-dealkylation sites (tertiary alicyclic amines) is 1. The standard InChI is InChI=1S/C24H23BrN4O2S/c1-13-4-2-5-14(8-13)21-20(28-24(26)32-21)23(31)29-12-16-10-18(16)19(29)11-27-22(30)15-6-3-7-17(25)9-15/h2-9,16,18-19H,10-12H2,1H3,(H2,26,28)(H,27,30)/t16-,18?,19-/m1/s1. The van der Waals surface area contributed by atoms with Gasteiger partial charge in [-0.15, -0.1) is 0 Å². The Morgan fingerprint density at radius 1 is 1.25 bits per heavy atom. The largest absolute Gasteiger partial charge is 0.375 e. The van der Waals surface area contributed by atoms with Crippen LogP contribution in [0.5, 0.6) is 0 Å². The number of anilines is 1. The zero-order chi connectivity index (χ0) is 22.4. The predicted molar refractivity (Wildman–Crippen MR) is 130 cm³/mol. The van der Waals surface area contributed by atoms with E-state index >= 15 is 0 Å². The Bertz CT molecular complexity index is 1210. The molecular weight excluding hydrogens is 488 g/mol. The number of nitrogens with zero attached hydrogens (tertiary/aromatic N) is 2. The van der Waals surface area contributed by atoms with Crippen LogP contribution < -0.4 is 11.1 Å². The molecule has 32 heavy (non-hydrogen) atoms. The van der Waals surface area contributed by atoms with Gasteiger partial charge in [-0.2, -0.15) is 0 Å². The number of benzene rings is 2. The van der Waals surface area contributed by atoms with Crippen LogP contribution in [0.15, 0.2) is 53.0 Å². The van der Waals surface area contributed by atoms with E-state index in [1.54, 1.807) is 12.1 Å². The Kier molecular flexibility index (Phi) is 5.51. The van der Waals surface area contributed by atoms with Gasteiger partial charge in [0.25, 0.3) is 11.8 Å². The van der Waals surface area contributed by atoms with Crippen LogP contribution in [0.4, 0.5) is 5.13 Å². The molecule has 2 heterocycles. The van der Waals surface area contributed by atoms with E-state index in [1.807, 2.05) is 48.2 Å². The van der Waals surface area contributed by atoms with E-state index < -0.39 is 0 Å². The summed E-state index contributed by atoms with van der Waals surface area (Å²) in [6.45, 7) is 3.15. The van der Waals surface area contributed by atoms with Crippen molar-refractivity contribution in [1.82, 2.24) is 15.2 Å². The molecule has 3 atom stereocenters. The topological polar surface area (TPSA) is 88.3 Å². The van der Waals surface area contributed by atoms with Crippen molar-refractivity contribution in [3.63, 3.8) is 0 Å². The van der Waals surface area contributed by atoms with E-state index in [2.05, 4.69) is 26.2 Å². The van der Waals surface area contributed by atoms with Crippen molar-refractivity contribution in [2.75, 3.05) is 18.8 Å². The zero-order valence-electron chi connectivity index (χ0n) is 17.5. The lowest BCUT2D eigenvalue weighted by molar-refractivity contribution is 0.0691. The lowest BCUT2D eigenvalue weighted by atomic mass is 10.1. The molecule has 2 aliphatic rings. The molecule has 8 heteroatoms. The normalized spacial score (nSPS) is 21.3. The van der Waals surface area contributed by atoms with Crippen molar-refractivity contribution in [3.8, 4) is 10.4 Å². The van der Waals surface area contributed by atoms with Gasteiger partial charge in [0.15, 0.2) is 5.13 Å². The Morgan fingerprint density at radius 3 is 2.84 bits per heavy atom. The fraction of sp³-hybridized carbons (Fsp3) is 0.292. The van der Waals surface area contributed by atoms with Crippen molar-refractivity contribution in [1.29, 1.82) is 0 Å². The molecule has 164 valence electrons. The monoisotopic (exact) mass is 510 g/mol. The molecule has 1 aliphatic heterocycles. The summed E-state index contributed by atoms with van der Waals surface area (Å²) >= 11 is 4.74. The summed E-state index contributed by atoms with van der Waals surface area (Å²) in [5, 5.41) is 3.41. The SMILES string of the molecule is Cc1cccc(-c2sc(N)nc2C(=O)N2C[C@H]3CC3[C@H]2CNC(=O)c2cccc(Br)c2)c1. The summed E-state index contributed by atoms with van der Waals surface area (Å²) in [4.78, 5) is 33.3. The third-order valence-electron chi connectivity index (χ3n) is 6.25. The number of nitrogen functional groups attached to an aromatic ring is 1. The first-order chi connectivity index (χ1) is 15.4. The summed E-state index contributed by atoms with van der Waals surface area (Å²) in [5.74, 6) is 0.690. The number of piperidine rings is 1. The number of amides is 2. The highest BCUT2D eigenvalue weighted by atomic mass is 79.9. The molecular formula is C24H23BrN4O2S. The molecule has 1 aliphatic carbocycles. The van der Waals surface area contributed by atoms with Gasteiger partial charge in [-0.05, 0) is 48.9 Å². The summed E-state index contributed by atoms with van der Waals surface area (Å²) in [6.07, 6.45) is 1.10. The van der Waals surface area contributed by atoms with Crippen LogP contribution in [-0.4, -0.2) is 40.8 Å². The van der Waals surface area contributed by atoms with Gasteiger partial charge < -0.3 is 16.0 Å². The highest BCUT2D eigenvalue weighted by Gasteiger charge is 2.54. The summed E-state index contributed by atoms with van der Waals surface area (Å²) < 4.78 is 0.856. The van der Waals surface area contributed by atoms with Gasteiger partial charge >= 0.3 is 0 Å². The maximum absolute atomic E-state index is 13.6. The number of rotatable bonds is 5. The second-order valence-electron chi connectivity index (χ2n) is 8.50. The van der Waals surface area contributed by atoms with Gasteiger partial charge in [-0.3, -0.25) is 9.59 Å². The average Bonchev–Trinajstić information content (AvgIpc) is 3.28. The molecule has 3 aromatic rings. The molecule has 1 saturated carbocycles. The third kappa shape index (κ3) is 4.04. The number of carbonyl (C=O) groups excluding carboxylic acids is 2. The number of thiazole rings is 1. The minimum absolute atomic E-state index is 0.0307. The molecule has 2 amide bonds. The first kappa shape index (κ1) is 21.2. The molecule has 5 rings (SSSR count). The molecule has 1 saturated heterocycles. The number of aromatic nitrogens is 1. The molecule has 0 radical (unpaired) electrons. The summed E-state index contributed by atoms with van der Waals surface area (Å²) in [5.41, 5.74) is 9.08. The number of fused-ring (bicyclic) bond motifs is 1. The minimum atomic E-state index is -0.138. The minimum Gasteiger partial charge on any atom is -0.375 e. The van der Waals surface area contributed by atoms with Crippen LogP contribution in [0, 0.1) is 18.8 Å². The molecule has 2 fully saturated rings. The van der Waals surface area contributed by atoms with Crippen molar-refractivity contribution in [2.24, 2.45) is 11.8 Å². The first-order valence-electron chi connectivity index (χ1n) is 10.6. The van der Waals surface area contributed by atoms with E-state index in [9.17, 15) is 9.59 Å². The van der Waals surface area contributed by atoms with E-state index in [1.165, 1.54) is 11.3 Å². The lowest BCUT2D eigenvalue weighted by Crippen LogP contribution is -2.45. The van der Waals surface area contributed by atoms with Gasteiger partial charge in [-0.1, -0.05) is 63.2 Å². The maximum Gasteiger partial charge on any atom is 0.274 e. The zero-order valence-corrected chi connectivity index (χ0v) is 19.9. The quantitative estimate of drug-likeness (QED) is 0.533. The number of nitrogens with one attached hydrogen (secondary N) is 1. The average molecular weight is 511 g/mol. The lowest BCUT2D eigenvalue weighted by Gasteiger charge is -2.27. The van der Waals surface area contributed by atoms with E-state index in [-0.39, 0.29) is 17.9 Å². The van der Waals surface area contributed by atoms with Crippen LogP contribution in [0.2, 0.25) is 0 Å². The van der Waals surface area contributed by atoms with Crippen molar-refractivity contribution < 1.29 is 9.59 Å². The maximum atomic E-state index is 13.6. The van der Waals surface area contributed by atoms with Gasteiger partial charge in [0, 0.05) is 23.1 Å². The van der Waals surface area contributed by atoms with E-state index in [0.29, 0.717) is 41.3 Å². The predicted octanol–water partition coefficient (Wildman–Crippen LogP) is 4.35. The van der Waals surface area contributed by atoms with Gasteiger partial charge in [-0.25, -0.2) is 4.98 Å². The van der Waals surface area contributed by atoms with E-state index in [4.69, 9.17) is 5.73 Å². The summed E-state index contributed by atoms with van der Waals surface area (Å²) in [6, 6.07) is 15.3. The Balaban J connectivity index is 1.36. The number of nitrogens with two attached hydrogens (primary N) is 1. The van der Waals surface area contributed by atoms with Crippen LogP contribution in [0.25, 0.3) is 10.4 Å². The molecule has 3 N–H and O–H groups in total. The Labute approximate surface area is 199 Å². The van der Waals surface area contributed by atoms with Crippen molar-refractivity contribution >= 4 is 44.2 Å². The smallest absolute Gasteiger partial charge is 0.274 e. The highest BCUT2D eigenvalue weighted by Crippen LogP contribution is 2.50. The number of carbonyl (C=O) groups is 2. The van der Waals surface area contributed by atoms with Gasteiger partial charge in [0.2, 0.25) is 0 Å². The van der Waals surface area contributed by atoms with Crippen LogP contribution >= 0.6 is 27.3 Å². The molecule has 6 nitrogen and oxygen atoms in total. The van der Waals surface area contributed by atoms with Crippen molar-refractivity contribution in [3.05, 3.63) is 69.8 Å². The third-order valence-corrected chi connectivity index (χ3v) is 7.68. The molecule has 1 unspecified atom stereocenters. The fourth-order valence-corrected chi connectivity index (χ4v) is 5.81. The molecule has 0 spiro atoms. The molecule has 2 aromatic carbocycles. The van der Waals surface area contributed by atoms with Gasteiger partial charge in [0.1, 0.15) is 5.69 Å². The van der Waals surface area contributed by atoms with E-state index in [0.717, 1.165) is 26.9 Å². The highest BCUT2D eigenvalue weighted by molar-refractivity contribution is 9.10. The number of halogens is 1. The second-order valence-corrected chi connectivity index (χ2v) is 10.5. The number of hydrogen-bond donors (Lipinski definition) is 2. The first-order valence-corrected chi connectivity index (χ1v) is 12.2. The van der Waals surface area contributed by atoms with Crippen LogP contribution in [-0.2, 0) is 0 Å². The Hall–Kier alpha value is -2.71.